The minimum Gasteiger partial charge on any atom is -0.348 e. The minimum absolute atomic E-state index is 0.236. The molecule has 1 amide bonds. The first-order valence-electron chi connectivity index (χ1n) is 10.1. The molecule has 0 saturated carbocycles. The van der Waals surface area contributed by atoms with Crippen LogP contribution in [0.4, 0.5) is 0 Å². The third-order valence-corrected chi connectivity index (χ3v) is 5.25. The Hall–Kier alpha value is -2.94. The van der Waals surface area contributed by atoms with Crippen LogP contribution in [0.5, 0.6) is 0 Å². The Morgan fingerprint density at radius 3 is 2.55 bits per heavy atom. The lowest BCUT2D eigenvalue weighted by molar-refractivity contribution is -0.327. The summed E-state index contributed by atoms with van der Waals surface area (Å²) in [6.07, 6.45) is -2.58. The third-order valence-electron chi connectivity index (χ3n) is 5.25. The van der Waals surface area contributed by atoms with Crippen LogP contribution in [-0.2, 0) is 30.3 Å². The molecule has 0 aromatic heterocycles. The highest BCUT2D eigenvalue weighted by Gasteiger charge is 2.50. The highest BCUT2D eigenvalue weighted by Crippen LogP contribution is 2.36. The molecule has 0 radical (unpaired) electrons. The molecule has 1 N–H and O–H groups in total. The van der Waals surface area contributed by atoms with Gasteiger partial charge in [0.1, 0.15) is 12.2 Å². The number of amides is 1. The lowest BCUT2D eigenvalue weighted by Crippen LogP contribution is -2.65. The van der Waals surface area contributed by atoms with Crippen LogP contribution in [-0.4, -0.2) is 43.1 Å². The van der Waals surface area contributed by atoms with E-state index in [0.717, 1.165) is 11.1 Å². The molecule has 2 aliphatic heterocycles. The monoisotopic (exact) mass is 424 g/mol. The second-order valence-corrected chi connectivity index (χ2v) is 7.44. The molecule has 0 aliphatic carbocycles. The van der Waals surface area contributed by atoms with Crippen LogP contribution < -0.4 is 5.32 Å². The van der Waals surface area contributed by atoms with Gasteiger partial charge in [0.05, 0.1) is 25.3 Å². The maximum atomic E-state index is 11.9. The van der Waals surface area contributed by atoms with Gasteiger partial charge >= 0.3 is 0 Å². The highest BCUT2D eigenvalue weighted by atomic mass is 16.7. The molecule has 0 unspecified atom stereocenters. The van der Waals surface area contributed by atoms with Crippen molar-refractivity contribution in [1.29, 1.82) is 0 Å². The lowest BCUT2D eigenvalue weighted by atomic mass is 9.93. The van der Waals surface area contributed by atoms with Gasteiger partial charge in [-0.25, -0.2) is 0 Å². The van der Waals surface area contributed by atoms with Crippen molar-refractivity contribution in [3.8, 4) is 0 Å². The number of benzene rings is 2. The number of nitrogens with one attached hydrogen (secondary N) is 1. The zero-order chi connectivity index (χ0) is 21.6. The highest BCUT2D eigenvalue weighted by molar-refractivity contribution is 5.73. The van der Waals surface area contributed by atoms with Crippen LogP contribution >= 0.6 is 0 Å². The summed E-state index contributed by atoms with van der Waals surface area (Å²) in [5, 5.41) is 6.78. The van der Waals surface area contributed by atoms with Crippen molar-refractivity contribution in [3.63, 3.8) is 0 Å². The van der Waals surface area contributed by atoms with Gasteiger partial charge in [0.15, 0.2) is 12.6 Å². The van der Waals surface area contributed by atoms with E-state index in [2.05, 4.69) is 15.3 Å². The molecule has 2 aromatic rings. The Morgan fingerprint density at radius 1 is 1.16 bits per heavy atom. The van der Waals surface area contributed by atoms with Crippen LogP contribution in [0.1, 0.15) is 24.3 Å². The molecule has 2 aliphatic rings. The molecule has 2 aromatic carbocycles. The van der Waals surface area contributed by atoms with Gasteiger partial charge in [-0.3, -0.25) is 4.79 Å². The van der Waals surface area contributed by atoms with E-state index in [1.807, 2.05) is 60.7 Å². The molecule has 0 bridgehead atoms. The number of carbonyl (C=O) groups is 1. The summed E-state index contributed by atoms with van der Waals surface area (Å²) in [4.78, 5) is 14.9. The summed E-state index contributed by atoms with van der Waals surface area (Å²) >= 11 is 0. The largest absolute Gasteiger partial charge is 0.348 e. The van der Waals surface area contributed by atoms with Crippen LogP contribution in [0.25, 0.3) is 10.4 Å². The van der Waals surface area contributed by atoms with Gasteiger partial charge in [0.2, 0.25) is 5.91 Å². The molecule has 4 rings (SSSR count). The second-order valence-electron chi connectivity index (χ2n) is 7.44. The fourth-order valence-electron chi connectivity index (χ4n) is 3.85. The minimum atomic E-state index is -0.832. The van der Waals surface area contributed by atoms with E-state index in [1.165, 1.54) is 6.92 Å². The summed E-state index contributed by atoms with van der Waals surface area (Å²) in [7, 11) is 0. The van der Waals surface area contributed by atoms with E-state index < -0.39 is 36.9 Å². The van der Waals surface area contributed by atoms with Gasteiger partial charge in [-0.2, -0.15) is 0 Å². The van der Waals surface area contributed by atoms with Crippen molar-refractivity contribution in [1.82, 2.24) is 5.32 Å². The van der Waals surface area contributed by atoms with Crippen LogP contribution in [0.15, 0.2) is 65.8 Å². The number of fused-ring (bicyclic) bond motifs is 1. The molecule has 162 valence electrons. The molecule has 9 nitrogen and oxygen atoms in total. The smallest absolute Gasteiger partial charge is 0.217 e. The lowest BCUT2D eigenvalue weighted by Gasteiger charge is -2.48. The topological polar surface area (TPSA) is 115 Å². The Bertz CT molecular complexity index is 922. The molecular formula is C22H24N4O5. The van der Waals surface area contributed by atoms with E-state index in [1.54, 1.807) is 0 Å². The summed E-state index contributed by atoms with van der Waals surface area (Å²) in [5.41, 5.74) is 11.0. The first-order chi connectivity index (χ1) is 15.2. The summed E-state index contributed by atoms with van der Waals surface area (Å²) < 4.78 is 24.1. The normalized spacial score (nSPS) is 30.0. The average molecular weight is 424 g/mol. The van der Waals surface area contributed by atoms with Gasteiger partial charge in [-0.1, -0.05) is 65.8 Å². The number of nitrogens with zero attached hydrogens (tertiary/aromatic N) is 3. The first-order valence-corrected chi connectivity index (χ1v) is 10.1. The molecule has 2 heterocycles. The third kappa shape index (κ3) is 5.04. The molecule has 0 spiro atoms. The van der Waals surface area contributed by atoms with Gasteiger partial charge in [-0.15, -0.1) is 0 Å². The van der Waals surface area contributed by atoms with Crippen molar-refractivity contribution >= 4 is 5.91 Å². The number of carbonyl (C=O) groups excluding carboxylic acids is 1. The molecule has 31 heavy (non-hydrogen) atoms. The summed E-state index contributed by atoms with van der Waals surface area (Å²) in [6, 6.07) is 17.6. The van der Waals surface area contributed by atoms with Crippen LogP contribution in [0, 0.1) is 0 Å². The second kappa shape index (κ2) is 9.91. The summed E-state index contributed by atoms with van der Waals surface area (Å²) in [6.45, 7) is 1.90. The Morgan fingerprint density at radius 2 is 1.87 bits per heavy atom. The SMILES string of the molecule is CC(=O)N[C@@H]1[C@@H](OCc2ccccc2)O[C@@H]2CO[C@H](c3ccccc3)O[C@@H]2[C@H]1N=[N+]=[N-]. The number of ether oxygens (including phenoxy) is 4. The van der Waals surface area contributed by atoms with Gasteiger partial charge < -0.3 is 24.3 Å². The molecular weight excluding hydrogens is 400 g/mol. The Balaban J connectivity index is 1.56. The molecule has 9 heteroatoms. The van der Waals surface area contributed by atoms with Gasteiger partial charge in [0, 0.05) is 17.4 Å². The summed E-state index contributed by atoms with van der Waals surface area (Å²) in [5.74, 6) is -0.287. The van der Waals surface area contributed by atoms with E-state index in [0.29, 0.717) is 0 Å². The number of rotatable bonds is 6. The number of hydrogen-bond acceptors (Lipinski definition) is 6. The zero-order valence-corrected chi connectivity index (χ0v) is 17.0. The van der Waals surface area contributed by atoms with E-state index in [-0.39, 0.29) is 19.1 Å². The standard InChI is InChI=1S/C22H24N4O5/c1-14(27)24-19-18(25-26-23)20-17(13-29-21(31-20)16-10-6-3-7-11-16)30-22(19)28-12-15-8-4-2-5-9-15/h2-11,17-22H,12-13H2,1H3,(H,24,27)/t17-,18+,19+,20+,21+,22+/m1/s1. The fraction of sp³-hybridized carbons (Fsp3) is 0.409. The van der Waals surface area contributed by atoms with E-state index in [4.69, 9.17) is 18.9 Å². The fourth-order valence-corrected chi connectivity index (χ4v) is 3.85. The van der Waals surface area contributed by atoms with E-state index >= 15 is 0 Å². The van der Waals surface area contributed by atoms with Crippen molar-refractivity contribution < 1.29 is 23.7 Å². The first kappa shape index (κ1) is 21.3. The van der Waals surface area contributed by atoms with Gasteiger partial charge in [-0.05, 0) is 11.1 Å². The maximum absolute atomic E-state index is 11.9. The predicted octanol–water partition coefficient (Wildman–Crippen LogP) is 3.23. The zero-order valence-electron chi connectivity index (χ0n) is 17.0. The quantitative estimate of drug-likeness (QED) is 0.434. The van der Waals surface area contributed by atoms with Crippen molar-refractivity contribution in [2.24, 2.45) is 5.11 Å². The van der Waals surface area contributed by atoms with Crippen LogP contribution in [0.3, 0.4) is 0 Å². The van der Waals surface area contributed by atoms with E-state index in [9.17, 15) is 10.3 Å². The number of azide groups is 1. The van der Waals surface area contributed by atoms with Crippen LogP contribution in [0.2, 0.25) is 0 Å². The Labute approximate surface area is 179 Å². The molecule has 6 atom stereocenters. The van der Waals surface area contributed by atoms with Crippen molar-refractivity contribution in [2.45, 2.75) is 50.4 Å². The number of hydrogen-bond donors (Lipinski definition) is 1. The maximum Gasteiger partial charge on any atom is 0.217 e. The average Bonchev–Trinajstić information content (AvgIpc) is 2.80. The van der Waals surface area contributed by atoms with Crippen molar-refractivity contribution in [2.75, 3.05) is 6.61 Å². The Kier molecular flexibility index (Phi) is 6.81. The van der Waals surface area contributed by atoms with Gasteiger partial charge in [0.25, 0.3) is 0 Å². The molecule has 2 fully saturated rings. The predicted molar refractivity (Wildman–Crippen MR) is 110 cm³/mol. The molecule has 2 saturated heterocycles. The van der Waals surface area contributed by atoms with Crippen molar-refractivity contribution in [3.05, 3.63) is 82.2 Å².